The average Bonchev–Trinajstić information content (AvgIpc) is 3.48. The summed E-state index contributed by atoms with van der Waals surface area (Å²) in [4.78, 5) is 35.3. The Bertz CT molecular complexity index is 1960. The first-order valence-electron chi connectivity index (χ1n) is 32.6. The van der Waals surface area contributed by atoms with Crippen LogP contribution in [0.2, 0.25) is 0 Å². The van der Waals surface area contributed by atoms with Crippen LogP contribution in [0, 0.1) is 0 Å². The molecule has 0 aliphatic carbocycles. The SMILES string of the molecule is CC/C=C\C/C=C\C/C=C\C/C=C\C/C=C\C/C=C\C/C=C\CCCCCCCCCCCCCCCC(=O)OC(COC(=O)CCCCCCC/C=C\C/C=C\C/C=C\C/C=C\C/C=C\C/C=C\C/C=C\CC)COP(=O)(O)OCCN. The fourth-order valence-corrected chi connectivity index (χ4v) is 9.13. The van der Waals surface area contributed by atoms with Gasteiger partial charge in [-0.2, -0.15) is 0 Å². The number of carbonyl (C=O) groups is 2. The monoisotopic (exact) mass is 1170 g/mol. The lowest BCUT2D eigenvalue weighted by atomic mass is 10.0. The molecule has 0 rings (SSSR count). The maximum absolute atomic E-state index is 12.8. The highest BCUT2D eigenvalue weighted by molar-refractivity contribution is 7.47. The van der Waals surface area contributed by atoms with Gasteiger partial charge in [-0.15, -0.1) is 0 Å². The van der Waals surface area contributed by atoms with Crippen molar-refractivity contribution >= 4 is 19.8 Å². The zero-order valence-corrected chi connectivity index (χ0v) is 53.3. The molecule has 9 nitrogen and oxygen atoms in total. The van der Waals surface area contributed by atoms with E-state index in [9.17, 15) is 19.0 Å². The van der Waals surface area contributed by atoms with Gasteiger partial charge in [0.1, 0.15) is 6.61 Å². The fourth-order valence-electron chi connectivity index (χ4n) is 8.36. The highest BCUT2D eigenvalue weighted by Crippen LogP contribution is 2.43. The maximum Gasteiger partial charge on any atom is 0.472 e. The molecule has 0 saturated carbocycles. The van der Waals surface area contributed by atoms with Gasteiger partial charge in [-0.25, -0.2) is 4.57 Å². The molecule has 0 bridgehead atoms. The van der Waals surface area contributed by atoms with Crippen LogP contribution in [0.25, 0.3) is 0 Å². The van der Waals surface area contributed by atoms with Gasteiger partial charge in [0.05, 0.1) is 13.2 Å². The first-order chi connectivity index (χ1) is 40.8. The van der Waals surface area contributed by atoms with E-state index in [4.69, 9.17) is 24.3 Å². The van der Waals surface area contributed by atoms with Crippen molar-refractivity contribution in [1.29, 1.82) is 0 Å². The van der Waals surface area contributed by atoms with Crippen LogP contribution in [0.5, 0.6) is 0 Å². The lowest BCUT2D eigenvalue weighted by Crippen LogP contribution is -2.29. The van der Waals surface area contributed by atoms with Gasteiger partial charge < -0.3 is 20.1 Å². The van der Waals surface area contributed by atoms with Crippen LogP contribution in [0.4, 0.5) is 0 Å². The smallest absolute Gasteiger partial charge is 0.462 e. The Morgan fingerprint density at radius 2 is 0.627 bits per heavy atom. The fraction of sp³-hybridized carbons (Fsp3) is 0.589. The van der Waals surface area contributed by atoms with Crippen molar-refractivity contribution in [2.45, 2.75) is 251 Å². The maximum atomic E-state index is 12.8. The van der Waals surface area contributed by atoms with Crippen LogP contribution >= 0.6 is 7.82 Å². The highest BCUT2D eigenvalue weighted by Gasteiger charge is 2.26. The Labute approximate surface area is 508 Å². The molecule has 0 spiro atoms. The van der Waals surface area contributed by atoms with Crippen LogP contribution in [-0.2, 0) is 32.7 Å². The van der Waals surface area contributed by atoms with Gasteiger partial charge in [-0.3, -0.25) is 18.6 Å². The van der Waals surface area contributed by atoms with Gasteiger partial charge in [0.25, 0.3) is 0 Å². The molecule has 10 heteroatoms. The van der Waals surface area contributed by atoms with E-state index in [1.807, 2.05) is 0 Å². The lowest BCUT2D eigenvalue weighted by Gasteiger charge is -2.19. The summed E-state index contributed by atoms with van der Waals surface area (Å²) in [5.74, 6) is -0.861. The number of ether oxygens (including phenoxy) is 2. The molecule has 0 heterocycles. The van der Waals surface area contributed by atoms with Gasteiger partial charge in [-0.05, 0) is 128 Å². The average molecular weight is 1170 g/mol. The summed E-state index contributed by atoms with van der Waals surface area (Å²) in [6.07, 6.45) is 98.5. The summed E-state index contributed by atoms with van der Waals surface area (Å²) in [6.45, 7) is 3.48. The van der Waals surface area contributed by atoms with Crippen molar-refractivity contribution in [2.24, 2.45) is 5.73 Å². The van der Waals surface area contributed by atoms with E-state index in [0.29, 0.717) is 12.8 Å². The summed E-state index contributed by atoms with van der Waals surface area (Å²) in [5, 5.41) is 0. The molecule has 0 aromatic heterocycles. The number of hydrogen-bond acceptors (Lipinski definition) is 8. The third kappa shape index (κ3) is 66.4. The van der Waals surface area contributed by atoms with Crippen LogP contribution in [0.3, 0.4) is 0 Å². The molecule has 2 atom stereocenters. The molecule has 0 aliphatic heterocycles. The minimum atomic E-state index is -4.41. The molecule has 0 aliphatic rings. The van der Waals surface area contributed by atoms with E-state index in [2.05, 4.69) is 184 Å². The van der Waals surface area contributed by atoms with E-state index in [1.54, 1.807) is 0 Å². The van der Waals surface area contributed by atoms with E-state index in [-0.39, 0.29) is 32.6 Å². The Morgan fingerprint density at radius 3 is 0.928 bits per heavy atom. The summed E-state index contributed by atoms with van der Waals surface area (Å²) >= 11 is 0. The topological polar surface area (TPSA) is 134 Å². The Morgan fingerprint density at radius 1 is 0.361 bits per heavy atom. The van der Waals surface area contributed by atoms with Gasteiger partial charge in [0, 0.05) is 19.4 Å². The summed E-state index contributed by atoms with van der Waals surface area (Å²) in [5.41, 5.74) is 5.39. The normalized spacial score (nSPS) is 14.1. The third-order valence-electron chi connectivity index (χ3n) is 13.1. The Kier molecular flexibility index (Phi) is 62.8. The molecule has 83 heavy (non-hydrogen) atoms. The van der Waals surface area contributed by atoms with Gasteiger partial charge in [0.2, 0.25) is 0 Å². The molecule has 0 fully saturated rings. The number of rotatable bonds is 59. The number of nitrogens with two attached hydrogens (primary N) is 1. The van der Waals surface area contributed by atoms with Crippen molar-refractivity contribution in [3.8, 4) is 0 Å². The molecule has 0 amide bonds. The molecule has 0 aromatic rings. The van der Waals surface area contributed by atoms with Crippen LogP contribution in [0.15, 0.2) is 170 Å². The molecule has 0 saturated heterocycles. The van der Waals surface area contributed by atoms with E-state index in [1.165, 1.54) is 64.2 Å². The van der Waals surface area contributed by atoms with Crippen molar-refractivity contribution in [3.63, 3.8) is 0 Å². The number of allylic oxidation sites excluding steroid dienone is 28. The van der Waals surface area contributed by atoms with Gasteiger partial charge in [0.15, 0.2) is 6.10 Å². The summed E-state index contributed by atoms with van der Waals surface area (Å²) in [7, 11) is -4.41. The second-order valence-corrected chi connectivity index (χ2v) is 22.3. The first kappa shape index (κ1) is 78.4. The predicted molar refractivity (Wildman–Crippen MR) is 357 cm³/mol. The van der Waals surface area contributed by atoms with Crippen molar-refractivity contribution in [1.82, 2.24) is 0 Å². The van der Waals surface area contributed by atoms with Crippen LogP contribution < -0.4 is 5.73 Å². The molecule has 468 valence electrons. The number of hydrogen-bond donors (Lipinski definition) is 2. The molecule has 2 unspecified atom stereocenters. The zero-order chi connectivity index (χ0) is 60.1. The highest BCUT2D eigenvalue weighted by atomic mass is 31.2. The lowest BCUT2D eigenvalue weighted by molar-refractivity contribution is -0.161. The van der Waals surface area contributed by atoms with E-state index in [0.717, 1.165) is 141 Å². The molecular weight excluding hydrogens is 1050 g/mol. The second kappa shape index (κ2) is 66.5. The van der Waals surface area contributed by atoms with E-state index >= 15 is 0 Å². The number of esters is 2. The Hall–Kier alpha value is -4.63. The number of unbranched alkanes of at least 4 members (excludes halogenated alkanes) is 18. The largest absolute Gasteiger partial charge is 0.472 e. The third-order valence-corrected chi connectivity index (χ3v) is 14.1. The number of phosphoric ester groups is 1. The van der Waals surface area contributed by atoms with E-state index < -0.39 is 32.5 Å². The number of phosphoric acid groups is 1. The molecule has 3 N–H and O–H groups in total. The van der Waals surface area contributed by atoms with Crippen molar-refractivity contribution in [2.75, 3.05) is 26.4 Å². The van der Waals surface area contributed by atoms with Gasteiger partial charge in [-0.1, -0.05) is 274 Å². The van der Waals surface area contributed by atoms with Crippen molar-refractivity contribution < 1.29 is 37.6 Å². The summed E-state index contributed by atoms with van der Waals surface area (Å²) in [6, 6.07) is 0. The Balaban J connectivity index is 4.01. The molecule has 0 aromatic carbocycles. The zero-order valence-electron chi connectivity index (χ0n) is 52.4. The van der Waals surface area contributed by atoms with Crippen LogP contribution in [-0.4, -0.2) is 49.3 Å². The summed E-state index contributed by atoms with van der Waals surface area (Å²) < 4.78 is 33.1. The van der Waals surface area contributed by atoms with Crippen LogP contribution in [0.1, 0.15) is 245 Å². The van der Waals surface area contributed by atoms with Gasteiger partial charge >= 0.3 is 19.8 Å². The molecule has 0 radical (unpaired) electrons. The van der Waals surface area contributed by atoms with Crippen molar-refractivity contribution in [3.05, 3.63) is 170 Å². The predicted octanol–water partition coefficient (Wildman–Crippen LogP) is 21.4. The number of carbonyl (C=O) groups excluding carboxylic acids is 2. The quantitative estimate of drug-likeness (QED) is 0.0264. The minimum absolute atomic E-state index is 0.0416. The first-order valence-corrected chi connectivity index (χ1v) is 34.1. The second-order valence-electron chi connectivity index (χ2n) is 20.9. The molecular formula is C73H118NO8P. The minimum Gasteiger partial charge on any atom is -0.462 e. The standard InChI is InChI=1S/C73H118NO8P/c1-3-5-7-9-11-13-15-17-19-21-23-25-27-29-31-32-33-34-35-36-37-38-40-42-44-46-48-50-52-54-56-58-60-62-64-66-73(76)82-71(70-81-83(77,78)80-68-67-74)69-79-72(75)65-63-61-59-57-55-53-51-49-47-45-43-41-39-30-28-26-24-22-20-18-16-14-12-10-8-6-4-2/h5-8,11-14,17-20,23-26,29-31,33-34,36-37,39,43,45,49,51,71H,3-4,9-10,15-16,21-22,27-28,32,35,38,40-42,44,46-48,50,52-70,74H2,1-2H3,(H,77,78)/b7-5-,8-6-,13-11-,14-12-,19-17-,20-18-,25-23-,26-24-,31-29-,34-33-,37-36-,39-30-,45-43-,51-49-.